The molecule has 1 aromatic carbocycles. The number of benzene rings is 1. The molecule has 0 saturated carbocycles. The highest BCUT2D eigenvalue weighted by molar-refractivity contribution is 5.26. The molecule has 2 nitrogen and oxygen atoms in total. The van der Waals surface area contributed by atoms with E-state index >= 15 is 0 Å². The van der Waals surface area contributed by atoms with Crippen molar-refractivity contribution in [2.24, 2.45) is 5.73 Å². The lowest BCUT2D eigenvalue weighted by molar-refractivity contribution is 0.0947. The summed E-state index contributed by atoms with van der Waals surface area (Å²) in [7, 11) is 0. The van der Waals surface area contributed by atoms with E-state index in [1.807, 2.05) is 12.1 Å². The molecule has 2 rings (SSSR count). The number of nitrogens with two attached hydrogens (primary N) is 1. The Balaban J connectivity index is 2.24. The molecule has 1 aromatic rings. The van der Waals surface area contributed by atoms with Crippen LogP contribution < -0.4 is 5.73 Å². The standard InChI is InChI=1S/C16H25FN2/c1-3-14-6-4-5-9-19(14)16(11-18)13-8-7-12(2)15(17)10-13/h7-8,10,14,16H,3-6,9,11,18H2,1-2H3. The summed E-state index contributed by atoms with van der Waals surface area (Å²) in [4.78, 5) is 2.48. The number of rotatable bonds is 4. The van der Waals surface area contributed by atoms with E-state index in [4.69, 9.17) is 5.73 Å². The van der Waals surface area contributed by atoms with Gasteiger partial charge in [0.1, 0.15) is 5.82 Å². The molecule has 1 saturated heterocycles. The van der Waals surface area contributed by atoms with Gasteiger partial charge in [-0.05, 0) is 49.9 Å². The van der Waals surface area contributed by atoms with Crippen molar-refractivity contribution < 1.29 is 4.39 Å². The molecular formula is C16H25FN2. The number of aryl methyl sites for hydroxylation is 1. The van der Waals surface area contributed by atoms with Crippen molar-refractivity contribution in [2.75, 3.05) is 13.1 Å². The summed E-state index contributed by atoms with van der Waals surface area (Å²) in [6, 6.07) is 6.29. The van der Waals surface area contributed by atoms with Gasteiger partial charge in [0.2, 0.25) is 0 Å². The molecule has 19 heavy (non-hydrogen) atoms. The Bertz CT molecular complexity index is 419. The third-order valence-electron chi connectivity index (χ3n) is 4.35. The van der Waals surface area contributed by atoms with Crippen molar-refractivity contribution in [3.05, 3.63) is 35.1 Å². The molecule has 0 radical (unpaired) electrons. The van der Waals surface area contributed by atoms with Gasteiger partial charge in [0, 0.05) is 18.6 Å². The highest BCUT2D eigenvalue weighted by atomic mass is 19.1. The summed E-state index contributed by atoms with van der Waals surface area (Å²) in [5.41, 5.74) is 7.70. The smallest absolute Gasteiger partial charge is 0.126 e. The van der Waals surface area contributed by atoms with Gasteiger partial charge in [-0.25, -0.2) is 4.39 Å². The van der Waals surface area contributed by atoms with Gasteiger partial charge in [-0.15, -0.1) is 0 Å². The SMILES string of the molecule is CCC1CCCCN1C(CN)c1ccc(C)c(F)c1. The molecule has 0 amide bonds. The van der Waals surface area contributed by atoms with Gasteiger partial charge in [0.05, 0.1) is 0 Å². The maximum Gasteiger partial charge on any atom is 0.126 e. The summed E-state index contributed by atoms with van der Waals surface area (Å²) in [5, 5.41) is 0. The topological polar surface area (TPSA) is 29.3 Å². The lowest BCUT2D eigenvalue weighted by Gasteiger charge is -2.41. The molecule has 1 aliphatic heterocycles. The normalized spacial score (nSPS) is 22.4. The predicted molar refractivity (Wildman–Crippen MR) is 77.6 cm³/mol. The lowest BCUT2D eigenvalue weighted by Crippen LogP contribution is -2.44. The lowest BCUT2D eigenvalue weighted by atomic mass is 9.94. The quantitative estimate of drug-likeness (QED) is 0.903. The molecular weight excluding hydrogens is 239 g/mol. The zero-order chi connectivity index (χ0) is 13.8. The van der Waals surface area contributed by atoms with E-state index in [0.717, 1.165) is 18.5 Å². The van der Waals surface area contributed by atoms with Crippen LogP contribution in [0.5, 0.6) is 0 Å². The Morgan fingerprint density at radius 3 is 2.84 bits per heavy atom. The molecule has 0 aliphatic carbocycles. The average Bonchev–Trinajstić information content (AvgIpc) is 2.44. The van der Waals surface area contributed by atoms with Crippen molar-refractivity contribution >= 4 is 0 Å². The van der Waals surface area contributed by atoms with Crippen LogP contribution in [0.2, 0.25) is 0 Å². The summed E-state index contributed by atoms with van der Waals surface area (Å²) in [6.07, 6.45) is 4.90. The molecule has 106 valence electrons. The molecule has 2 atom stereocenters. The Kier molecular flexibility index (Phi) is 4.94. The first-order valence-electron chi connectivity index (χ1n) is 7.39. The predicted octanol–water partition coefficient (Wildman–Crippen LogP) is 3.40. The van der Waals surface area contributed by atoms with Crippen LogP contribution in [0.15, 0.2) is 18.2 Å². The third-order valence-corrected chi connectivity index (χ3v) is 4.35. The van der Waals surface area contributed by atoms with Crippen molar-refractivity contribution in [1.29, 1.82) is 0 Å². The van der Waals surface area contributed by atoms with Gasteiger partial charge in [-0.3, -0.25) is 4.90 Å². The molecule has 0 spiro atoms. The van der Waals surface area contributed by atoms with Gasteiger partial charge in [-0.2, -0.15) is 0 Å². The first-order valence-corrected chi connectivity index (χ1v) is 7.39. The summed E-state index contributed by atoms with van der Waals surface area (Å²) < 4.78 is 13.8. The van der Waals surface area contributed by atoms with Crippen LogP contribution in [0.3, 0.4) is 0 Å². The maximum atomic E-state index is 13.8. The minimum Gasteiger partial charge on any atom is -0.329 e. The van der Waals surface area contributed by atoms with Crippen molar-refractivity contribution in [2.45, 2.75) is 51.6 Å². The fourth-order valence-electron chi connectivity index (χ4n) is 3.15. The fourth-order valence-corrected chi connectivity index (χ4v) is 3.15. The van der Waals surface area contributed by atoms with E-state index in [9.17, 15) is 4.39 Å². The van der Waals surface area contributed by atoms with E-state index in [-0.39, 0.29) is 11.9 Å². The van der Waals surface area contributed by atoms with Gasteiger partial charge in [0.15, 0.2) is 0 Å². The molecule has 2 unspecified atom stereocenters. The van der Waals surface area contributed by atoms with Crippen LogP contribution >= 0.6 is 0 Å². The van der Waals surface area contributed by atoms with Crippen LogP contribution in [0.25, 0.3) is 0 Å². The number of nitrogens with zero attached hydrogens (tertiary/aromatic N) is 1. The van der Waals surface area contributed by atoms with Crippen LogP contribution in [0.4, 0.5) is 4.39 Å². The number of hydrogen-bond acceptors (Lipinski definition) is 2. The number of hydrogen-bond donors (Lipinski definition) is 1. The Labute approximate surface area is 115 Å². The number of likely N-dealkylation sites (tertiary alicyclic amines) is 1. The van der Waals surface area contributed by atoms with E-state index in [2.05, 4.69) is 11.8 Å². The summed E-state index contributed by atoms with van der Waals surface area (Å²) >= 11 is 0. The largest absolute Gasteiger partial charge is 0.329 e. The summed E-state index contributed by atoms with van der Waals surface area (Å²) in [5.74, 6) is -0.124. The molecule has 0 aromatic heterocycles. The van der Waals surface area contributed by atoms with Crippen LogP contribution in [0, 0.1) is 12.7 Å². The van der Waals surface area contributed by atoms with Crippen molar-refractivity contribution in [1.82, 2.24) is 4.90 Å². The van der Waals surface area contributed by atoms with Gasteiger partial charge in [0.25, 0.3) is 0 Å². The van der Waals surface area contributed by atoms with E-state index in [1.54, 1.807) is 13.0 Å². The second kappa shape index (κ2) is 6.49. The molecule has 0 bridgehead atoms. The van der Waals surface area contributed by atoms with Crippen LogP contribution in [-0.4, -0.2) is 24.0 Å². The van der Waals surface area contributed by atoms with Gasteiger partial charge in [-0.1, -0.05) is 25.5 Å². The fraction of sp³-hybridized carbons (Fsp3) is 0.625. The average molecular weight is 264 g/mol. The molecule has 2 N–H and O–H groups in total. The number of piperidine rings is 1. The van der Waals surface area contributed by atoms with Crippen molar-refractivity contribution in [3.8, 4) is 0 Å². The van der Waals surface area contributed by atoms with Crippen LogP contribution in [-0.2, 0) is 0 Å². The van der Waals surface area contributed by atoms with E-state index in [0.29, 0.717) is 18.2 Å². The Morgan fingerprint density at radius 2 is 2.21 bits per heavy atom. The highest BCUT2D eigenvalue weighted by Gasteiger charge is 2.28. The van der Waals surface area contributed by atoms with Gasteiger partial charge >= 0.3 is 0 Å². The Morgan fingerprint density at radius 1 is 1.42 bits per heavy atom. The molecule has 3 heteroatoms. The second-order valence-corrected chi connectivity index (χ2v) is 5.56. The number of halogens is 1. The third kappa shape index (κ3) is 3.15. The zero-order valence-corrected chi connectivity index (χ0v) is 12.0. The van der Waals surface area contributed by atoms with Crippen molar-refractivity contribution in [3.63, 3.8) is 0 Å². The zero-order valence-electron chi connectivity index (χ0n) is 12.0. The first kappa shape index (κ1) is 14.5. The maximum absolute atomic E-state index is 13.8. The van der Waals surface area contributed by atoms with E-state index in [1.165, 1.54) is 19.3 Å². The van der Waals surface area contributed by atoms with E-state index < -0.39 is 0 Å². The molecule has 1 heterocycles. The molecule has 1 aliphatic rings. The monoisotopic (exact) mass is 264 g/mol. The minimum absolute atomic E-state index is 0.124. The Hall–Kier alpha value is -0.930. The first-order chi connectivity index (χ1) is 9.17. The summed E-state index contributed by atoms with van der Waals surface area (Å²) in [6.45, 7) is 5.66. The minimum atomic E-state index is -0.124. The van der Waals surface area contributed by atoms with Crippen LogP contribution in [0.1, 0.15) is 49.8 Å². The second-order valence-electron chi connectivity index (χ2n) is 5.56. The van der Waals surface area contributed by atoms with Gasteiger partial charge < -0.3 is 5.73 Å². The molecule has 1 fully saturated rings. The highest BCUT2D eigenvalue weighted by Crippen LogP contribution is 2.30.